The molecule has 1 heterocycles. The molecule has 2 rings (SSSR count). The third kappa shape index (κ3) is 4.64. The highest BCUT2D eigenvalue weighted by Crippen LogP contribution is 2.26. The Morgan fingerprint density at radius 1 is 1.39 bits per heavy atom. The second kappa shape index (κ2) is 7.38. The highest BCUT2D eigenvalue weighted by atomic mass is 35.5. The van der Waals surface area contributed by atoms with Crippen molar-refractivity contribution in [3.8, 4) is 0 Å². The van der Waals surface area contributed by atoms with E-state index < -0.39 is 4.92 Å². The van der Waals surface area contributed by atoms with Crippen LogP contribution in [0.15, 0.2) is 18.2 Å². The van der Waals surface area contributed by atoms with E-state index in [1.807, 2.05) is 0 Å². The summed E-state index contributed by atoms with van der Waals surface area (Å²) in [5.74, 6) is -0.620. The number of non-ortho nitro benzene ring substituents is 1. The third-order valence-corrected chi connectivity index (χ3v) is 4.26. The van der Waals surface area contributed by atoms with Crippen LogP contribution in [0.3, 0.4) is 0 Å². The maximum Gasteiger partial charge on any atom is 0.279 e. The van der Waals surface area contributed by atoms with Crippen molar-refractivity contribution in [2.24, 2.45) is 11.7 Å². The summed E-state index contributed by atoms with van der Waals surface area (Å²) >= 11 is 5.94. The molecule has 0 radical (unpaired) electrons. The van der Waals surface area contributed by atoms with Gasteiger partial charge in [0.25, 0.3) is 11.6 Å². The van der Waals surface area contributed by atoms with E-state index in [-0.39, 0.29) is 35.0 Å². The van der Waals surface area contributed by atoms with E-state index in [0.717, 1.165) is 4.90 Å². The second-order valence-corrected chi connectivity index (χ2v) is 5.98. The van der Waals surface area contributed by atoms with Gasteiger partial charge in [-0.05, 0) is 6.07 Å². The molecule has 0 unspecified atom stereocenters. The molecule has 1 saturated heterocycles. The first kappa shape index (κ1) is 17.2. The Morgan fingerprint density at radius 2 is 2.04 bits per heavy atom. The number of amides is 2. The molecule has 0 spiro atoms. The van der Waals surface area contributed by atoms with Crippen LogP contribution in [0.4, 0.5) is 11.4 Å². The van der Waals surface area contributed by atoms with Gasteiger partial charge in [0.15, 0.2) is 6.54 Å². The molecule has 124 valence electrons. The number of quaternary nitrogens is 1. The van der Waals surface area contributed by atoms with Crippen molar-refractivity contribution in [3.63, 3.8) is 0 Å². The zero-order valence-electron chi connectivity index (χ0n) is 12.4. The minimum absolute atomic E-state index is 0.106. The molecule has 8 nitrogen and oxygen atoms in total. The van der Waals surface area contributed by atoms with Crippen LogP contribution in [0.2, 0.25) is 5.02 Å². The molecule has 0 aromatic heterocycles. The van der Waals surface area contributed by atoms with Crippen LogP contribution >= 0.6 is 11.6 Å². The van der Waals surface area contributed by atoms with Crippen LogP contribution in [0.1, 0.15) is 12.8 Å². The number of rotatable bonds is 5. The quantitative estimate of drug-likeness (QED) is 0.514. The Kier molecular flexibility index (Phi) is 5.51. The summed E-state index contributed by atoms with van der Waals surface area (Å²) in [6, 6.07) is 3.89. The van der Waals surface area contributed by atoms with Crippen molar-refractivity contribution in [3.05, 3.63) is 33.3 Å². The first-order chi connectivity index (χ1) is 10.9. The van der Waals surface area contributed by atoms with Gasteiger partial charge in [0, 0.05) is 30.9 Å². The number of nitrogens with two attached hydrogens (primary N) is 1. The number of nitro groups is 1. The van der Waals surface area contributed by atoms with Crippen molar-refractivity contribution in [1.82, 2.24) is 0 Å². The Labute approximate surface area is 137 Å². The summed E-state index contributed by atoms with van der Waals surface area (Å²) in [7, 11) is 0. The topological polar surface area (TPSA) is 120 Å². The Bertz CT molecular complexity index is 629. The number of carbonyl (C=O) groups excluding carboxylic acids is 2. The summed E-state index contributed by atoms with van der Waals surface area (Å²) in [5.41, 5.74) is 5.49. The van der Waals surface area contributed by atoms with Gasteiger partial charge in [0.2, 0.25) is 5.91 Å². The molecule has 0 atom stereocenters. The first-order valence-electron chi connectivity index (χ1n) is 7.23. The predicted molar refractivity (Wildman–Crippen MR) is 84.2 cm³/mol. The summed E-state index contributed by atoms with van der Waals surface area (Å²) in [6.45, 7) is 1.66. The zero-order valence-corrected chi connectivity index (χ0v) is 13.1. The average Bonchev–Trinajstić information content (AvgIpc) is 2.49. The third-order valence-electron chi connectivity index (χ3n) is 3.94. The number of likely N-dealkylation sites (tertiary alicyclic amines) is 1. The van der Waals surface area contributed by atoms with Gasteiger partial charge in [0.1, 0.15) is 0 Å². The van der Waals surface area contributed by atoms with Gasteiger partial charge in [-0.1, -0.05) is 11.6 Å². The molecule has 0 aliphatic carbocycles. The summed E-state index contributed by atoms with van der Waals surface area (Å²) < 4.78 is 0. The fourth-order valence-corrected chi connectivity index (χ4v) is 2.85. The normalized spacial score (nSPS) is 20.7. The molecule has 1 aliphatic rings. The van der Waals surface area contributed by atoms with Crippen LogP contribution in [0.5, 0.6) is 0 Å². The lowest BCUT2D eigenvalue weighted by Gasteiger charge is -2.27. The molecule has 0 saturated carbocycles. The predicted octanol–water partition coefficient (Wildman–Crippen LogP) is -0.0331. The largest absolute Gasteiger partial charge is 0.369 e. The lowest BCUT2D eigenvalue weighted by atomic mass is 9.96. The molecular formula is C14H18ClN4O4+. The summed E-state index contributed by atoms with van der Waals surface area (Å²) in [6.07, 6.45) is 1.35. The SMILES string of the molecule is NC(=O)C1CC[NH+](CC(=O)Nc2ccc([N+](=O)[O-])cc2Cl)CC1. The molecular weight excluding hydrogens is 324 g/mol. The number of halogens is 1. The van der Waals surface area contributed by atoms with E-state index in [9.17, 15) is 19.7 Å². The maximum atomic E-state index is 12.1. The van der Waals surface area contributed by atoms with Gasteiger partial charge in [0.05, 0.1) is 28.7 Å². The van der Waals surface area contributed by atoms with Crippen LogP contribution in [0, 0.1) is 16.0 Å². The van der Waals surface area contributed by atoms with Gasteiger partial charge in [-0.25, -0.2) is 0 Å². The minimum Gasteiger partial charge on any atom is -0.369 e. The number of nitrogens with one attached hydrogen (secondary N) is 2. The maximum absolute atomic E-state index is 12.1. The minimum atomic E-state index is -0.551. The molecule has 1 aliphatic heterocycles. The number of hydrogen-bond acceptors (Lipinski definition) is 4. The number of anilines is 1. The molecule has 0 bridgehead atoms. The number of primary amides is 1. The van der Waals surface area contributed by atoms with Crippen LogP contribution in [0.25, 0.3) is 0 Å². The van der Waals surface area contributed by atoms with E-state index in [2.05, 4.69) is 5.32 Å². The lowest BCUT2D eigenvalue weighted by molar-refractivity contribution is -0.897. The van der Waals surface area contributed by atoms with Crippen LogP contribution < -0.4 is 16.0 Å². The number of carbonyl (C=O) groups is 2. The average molecular weight is 342 g/mol. The molecule has 1 aromatic carbocycles. The Morgan fingerprint density at radius 3 is 2.57 bits per heavy atom. The zero-order chi connectivity index (χ0) is 17.0. The number of hydrogen-bond donors (Lipinski definition) is 3. The van der Waals surface area contributed by atoms with Crippen molar-refractivity contribution in [2.45, 2.75) is 12.8 Å². The fourth-order valence-electron chi connectivity index (χ4n) is 2.63. The molecule has 2 amide bonds. The fraction of sp³-hybridized carbons (Fsp3) is 0.429. The summed E-state index contributed by atoms with van der Waals surface area (Å²) in [4.78, 5) is 34.3. The van der Waals surface area contributed by atoms with E-state index in [0.29, 0.717) is 31.6 Å². The second-order valence-electron chi connectivity index (χ2n) is 5.57. The van der Waals surface area contributed by atoms with Crippen LogP contribution in [-0.4, -0.2) is 36.4 Å². The van der Waals surface area contributed by atoms with E-state index >= 15 is 0 Å². The van der Waals surface area contributed by atoms with Gasteiger partial charge >= 0.3 is 0 Å². The van der Waals surface area contributed by atoms with Gasteiger partial charge in [-0.15, -0.1) is 0 Å². The van der Waals surface area contributed by atoms with Crippen molar-refractivity contribution in [1.29, 1.82) is 0 Å². The van der Waals surface area contributed by atoms with E-state index in [4.69, 9.17) is 17.3 Å². The van der Waals surface area contributed by atoms with Crippen molar-refractivity contribution < 1.29 is 19.4 Å². The first-order valence-corrected chi connectivity index (χ1v) is 7.61. The standard InChI is InChI=1S/C14H17ClN4O4/c15-11-7-10(19(22)23)1-2-12(11)17-13(20)8-18-5-3-9(4-6-18)14(16)21/h1-2,7,9H,3-6,8H2,(H2,16,21)(H,17,20)/p+1. The monoisotopic (exact) mass is 341 g/mol. The van der Waals surface area contributed by atoms with E-state index in [1.54, 1.807) is 0 Å². The van der Waals surface area contributed by atoms with Gasteiger partial charge in [-0.2, -0.15) is 0 Å². The Balaban J connectivity index is 1.88. The molecule has 23 heavy (non-hydrogen) atoms. The molecule has 4 N–H and O–H groups in total. The molecule has 1 aromatic rings. The number of benzene rings is 1. The lowest BCUT2D eigenvalue weighted by Crippen LogP contribution is -3.14. The van der Waals surface area contributed by atoms with Crippen molar-refractivity contribution in [2.75, 3.05) is 25.0 Å². The van der Waals surface area contributed by atoms with Crippen molar-refractivity contribution >= 4 is 34.8 Å². The van der Waals surface area contributed by atoms with Gasteiger partial charge in [-0.3, -0.25) is 19.7 Å². The number of nitrogens with zero attached hydrogens (tertiary/aromatic N) is 1. The molecule has 9 heteroatoms. The highest BCUT2D eigenvalue weighted by Gasteiger charge is 2.27. The Hall–Kier alpha value is -2.19. The highest BCUT2D eigenvalue weighted by molar-refractivity contribution is 6.33. The number of piperidine rings is 1. The smallest absolute Gasteiger partial charge is 0.279 e. The van der Waals surface area contributed by atoms with E-state index in [1.165, 1.54) is 18.2 Å². The van der Waals surface area contributed by atoms with Crippen LogP contribution in [-0.2, 0) is 9.59 Å². The molecule has 1 fully saturated rings. The van der Waals surface area contributed by atoms with Gasteiger partial charge < -0.3 is 16.0 Å². The number of nitro benzene ring substituents is 1. The summed E-state index contributed by atoms with van der Waals surface area (Å²) in [5, 5.41) is 13.4.